The van der Waals surface area contributed by atoms with Crippen LogP contribution in [0.3, 0.4) is 0 Å². The molecule has 2 aliphatic heterocycles. The smallest absolute Gasteiger partial charge is 0.161 e. The first kappa shape index (κ1) is 23.2. The highest BCUT2D eigenvalue weighted by atomic mass is 16.6. The highest BCUT2D eigenvalue weighted by Gasteiger charge is 2.24. The molecule has 0 bridgehead atoms. The van der Waals surface area contributed by atoms with E-state index in [4.69, 9.17) is 19.0 Å². The van der Waals surface area contributed by atoms with Crippen LogP contribution in [0.5, 0.6) is 17.2 Å². The fourth-order valence-corrected chi connectivity index (χ4v) is 4.52. The third-order valence-electron chi connectivity index (χ3n) is 6.33. The zero-order chi connectivity index (χ0) is 23.0. The monoisotopic (exact) mass is 453 g/mol. The Morgan fingerprint density at radius 2 is 1.76 bits per heavy atom. The van der Waals surface area contributed by atoms with Gasteiger partial charge < -0.3 is 23.9 Å². The van der Waals surface area contributed by atoms with Crippen LogP contribution >= 0.6 is 0 Å². The molecular formula is C26H35N3O4. The van der Waals surface area contributed by atoms with Gasteiger partial charge in [0.05, 0.1) is 32.2 Å². The van der Waals surface area contributed by atoms with Crippen LogP contribution < -0.4 is 19.1 Å². The van der Waals surface area contributed by atoms with Crippen LogP contribution in [0.15, 0.2) is 47.6 Å². The number of hydrogen-bond acceptors (Lipinski definition) is 7. The van der Waals surface area contributed by atoms with Gasteiger partial charge in [-0.25, -0.2) is 0 Å². The second-order valence-corrected chi connectivity index (χ2v) is 8.41. The maximum atomic E-state index is 5.81. The van der Waals surface area contributed by atoms with Crippen LogP contribution in [0.1, 0.15) is 31.7 Å². The molecule has 7 heteroatoms. The largest absolute Gasteiger partial charge is 0.493 e. The number of ether oxygens (including phenoxy) is 3. The van der Waals surface area contributed by atoms with Crippen molar-refractivity contribution in [3.05, 3.63) is 48.0 Å². The Hall–Kier alpha value is -2.93. The molecule has 33 heavy (non-hydrogen) atoms. The van der Waals surface area contributed by atoms with Gasteiger partial charge in [0, 0.05) is 38.2 Å². The minimum atomic E-state index is 0.146. The lowest BCUT2D eigenvalue weighted by molar-refractivity contribution is 0.0745. The minimum Gasteiger partial charge on any atom is -0.493 e. The number of hydrogen-bond donors (Lipinski definition) is 0. The average molecular weight is 454 g/mol. The molecule has 0 amide bonds. The maximum Gasteiger partial charge on any atom is 0.161 e. The number of piperazine rings is 1. The molecule has 0 radical (unpaired) electrons. The molecular weight excluding hydrogens is 418 g/mol. The van der Waals surface area contributed by atoms with Crippen molar-refractivity contribution in [2.75, 3.05) is 58.5 Å². The fourth-order valence-electron chi connectivity index (χ4n) is 4.52. The summed E-state index contributed by atoms with van der Waals surface area (Å²) in [6, 6.07) is 14.2. The molecule has 1 saturated heterocycles. The summed E-state index contributed by atoms with van der Waals surface area (Å²) in [7, 11) is 3.29. The standard InChI is InChI=1S/C26H35N3O4/c1-4-32-24-10-6-5-9-23(24)29-16-14-28(15-17-29)13-7-8-21-19-22(27-33-21)20-11-12-25(30-2)26(18-20)31-3/h5-6,9-12,18,21H,4,7-8,13-17,19H2,1-3H3/t21-/m0/s1. The third-order valence-corrected chi connectivity index (χ3v) is 6.33. The van der Waals surface area contributed by atoms with Gasteiger partial charge in [0.15, 0.2) is 11.5 Å². The number of anilines is 1. The summed E-state index contributed by atoms with van der Waals surface area (Å²) in [5, 5.41) is 4.34. The van der Waals surface area contributed by atoms with Gasteiger partial charge in [-0.1, -0.05) is 17.3 Å². The van der Waals surface area contributed by atoms with Crippen molar-refractivity contribution < 1.29 is 19.0 Å². The molecule has 2 heterocycles. The van der Waals surface area contributed by atoms with Gasteiger partial charge in [-0.15, -0.1) is 0 Å². The molecule has 178 valence electrons. The van der Waals surface area contributed by atoms with Crippen LogP contribution in [0.2, 0.25) is 0 Å². The number of para-hydroxylation sites is 2. The first-order valence-corrected chi connectivity index (χ1v) is 11.9. The minimum absolute atomic E-state index is 0.146. The number of oxime groups is 1. The van der Waals surface area contributed by atoms with Gasteiger partial charge in [-0.3, -0.25) is 4.90 Å². The van der Waals surface area contributed by atoms with E-state index in [-0.39, 0.29) is 6.10 Å². The summed E-state index contributed by atoms with van der Waals surface area (Å²) in [6.07, 6.45) is 3.09. The molecule has 1 atom stereocenters. The molecule has 0 N–H and O–H groups in total. The normalized spacial score (nSPS) is 18.6. The number of benzene rings is 2. The Morgan fingerprint density at radius 3 is 2.52 bits per heavy atom. The van der Waals surface area contributed by atoms with E-state index in [1.54, 1.807) is 14.2 Å². The van der Waals surface area contributed by atoms with E-state index in [2.05, 4.69) is 33.2 Å². The summed E-state index contributed by atoms with van der Waals surface area (Å²) in [5.41, 5.74) is 3.21. The second-order valence-electron chi connectivity index (χ2n) is 8.41. The quantitative estimate of drug-likeness (QED) is 0.538. The Kier molecular flexibility index (Phi) is 7.94. The number of methoxy groups -OCH3 is 2. The van der Waals surface area contributed by atoms with Crippen LogP contribution in [0, 0.1) is 0 Å². The summed E-state index contributed by atoms with van der Waals surface area (Å²) in [6.45, 7) is 8.00. The van der Waals surface area contributed by atoms with Gasteiger partial charge in [0.25, 0.3) is 0 Å². The Bertz CT molecular complexity index is 941. The topological polar surface area (TPSA) is 55.8 Å². The second kappa shape index (κ2) is 11.3. The molecule has 0 saturated carbocycles. The van der Waals surface area contributed by atoms with E-state index in [1.165, 1.54) is 5.69 Å². The van der Waals surface area contributed by atoms with E-state index in [0.717, 1.165) is 74.8 Å². The van der Waals surface area contributed by atoms with Crippen LogP contribution in [-0.4, -0.2) is 70.3 Å². The van der Waals surface area contributed by atoms with Gasteiger partial charge in [-0.05, 0) is 56.6 Å². The lowest BCUT2D eigenvalue weighted by atomic mass is 10.0. The lowest BCUT2D eigenvalue weighted by Gasteiger charge is -2.36. The van der Waals surface area contributed by atoms with E-state index in [0.29, 0.717) is 12.4 Å². The highest BCUT2D eigenvalue weighted by Crippen LogP contribution is 2.31. The van der Waals surface area contributed by atoms with Crippen molar-refractivity contribution in [2.45, 2.75) is 32.3 Å². The zero-order valence-electron chi connectivity index (χ0n) is 20.0. The van der Waals surface area contributed by atoms with E-state index in [9.17, 15) is 0 Å². The molecule has 2 aromatic carbocycles. The Labute approximate surface area is 196 Å². The van der Waals surface area contributed by atoms with Crippen molar-refractivity contribution in [1.82, 2.24) is 4.90 Å². The van der Waals surface area contributed by atoms with Crippen molar-refractivity contribution in [3.63, 3.8) is 0 Å². The van der Waals surface area contributed by atoms with Crippen LogP contribution in [-0.2, 0) is 4.84 Å². The van der Waals surface area contributed by atoms with Crippen molar-refractivity contribution >= 4 is 11.4 Å². The zero-order valence-corrected chi connectivity index (χ0v) is 20.0. The summed E-state index contributed by atoms with van der Waals surface area (Å²) >= 11 is 0. The molecule has 4 rings (SSSR count). The van der Waals surface area contributed by atoms with Gasteiger partial charge >= 0.3 is 0 Å². The van der Waals surface area contributed by atoms with Crippen LogP contribution in [0.25, 0.3) is 0 Å². The molecule has 7 nitrogen and oxygen atoms in total. The Morgan fingerprint density at radius 1 is 0.970 bits per heavy atom. The Balaban J connectivity index is 1.20. The van der Waals surface area contributed by atoms with E-state index in [1.807, 2.05) is 31.2 Å². The summed E-state index contributed by atoms with van der Waals surface area (Å²) < 4.78 is 16.5. The predicted octanol–water partition coefficient (Wildman–Crippen LogP) is 4.20. The van der Waals surface area contributed by atoms with E-state index < -0.39 is 0 Å². The molecule has 2 aliphatic rings. The lowest BCUT2D eigenvalue weighted by Crippen LogP contribution is -2.46. The first-order chi connectivity index (χ1) is 16.2. The SMILES string of the molecule is CCOc1ccccc1N1CCN(CCC[C@H]2CC(c3ccc(OC)c(OC)c3)=NO2)CC1. The maximum absolute atomic E-state index is 5.81. The van der Waals surface area contributed by atoms with Crippen molar-refractivity contribution in [2.24, 2.45) is 5.16 Å². The fraction of sp³-hybridized carbons (Fsp3) is 0.500. The number of nitrogens with zero attached hydrogens (tertiary/aromatic N) is 3. The van der Waals surface area contributed by atoms with Crippen molar-refractivity contribution in [1.29, 1.82) is 0 Å². The summed E-state index contributed by atoms with van der Waals surface area (Å²) in [4.78, 5) is 10.7. The van der Waals surface area contributed by atoms with Crippen molar-refractivity contribution in [3.8, 4) is 17.2 Å². The third kappa shape index (κ3) is 5.71. The predicted molar refractivity (Wildman–Crippen MR) is 131 cm³/mol. The first-order valence-electron chi connectivity index (χ1n) is 11.9. The highest BCUT2D eigenvalue weighted by molar-refractivity contribution is 6.01. The molecule has 2 aromatic rings. The average Bonchev–Trinajstić information content (AvgIpc) is 3.33. The molecule has 0 spiro atoms. The molecule has 1 fully saturated rings. The molecule has 0 aliphatic carbocycles. The molecule has 0 unspecified atom stereocenters. The molecule has 0 aromatic heterocycles. The van der Waals surface area contributed by atoms with Crippen LogP contribution in [0.4, 0.5) is 5.69 Å². The van der Waals surface area contributed by atoms with Gasteiger partial charge in [0.1, 0.15) is 11.9 Å². The summed E-state index contributed by atoms with van der Waals surface area (Å²) in [5.74, 6) is 2.42. The van der Waals surface area contributed by atoms with E-state index >= 15 is 0 Å². The van der Waals surface area contributed by atoms with Gasteiger partial charge in [0.2, 0.25) is 0 Å². The number of rotatable bonds is 10. The van der Waals surface area contributed by atoms with Gasteiger partial charge in [-0.2, -0.15) is 0 Å².